The minimum Gasteiger partial charge on any atom is -0.447 e. The molecule has 118 valence electrons. The molecule has 2 aliphatic rings. The van der Waals surface area contributed by atoms with E-state index in [1.54, 1.807) is 4.90 Å². The van der Waals surface area contributed by atoms with Gasteiger partial charge in [-0.15, -0.1) is 0 Å². The Kier molecular flexibility index (Phi) is 4.40. The quantitative estimate of drug-likeness (QED) is 0.735. The number of carbonyl (C=O) groups is 1. The van der Waals surface area contributed by atoms with E-state index in [-0.39, 0.29) is 30.5 Å². The van der Waals surface area contributed by atoms with E-state index in [4.69, 9.17) is 14.0 Å². The molecule has 0 aromatic heterocycles. The van der Waals surface area contributed by atoms with Gasteiger partial charge in [-0.3, -0.25) is 0 Å². The highest BCUT2D eigenvalue weighted by molar-refractivity contribution is 6.54. The van der Waals surface area contributed by atoms with Crippen molar-refractivity contribution in [3.05, 3.63) is 11.5 Å². The van der Waals surface area contributed by atoms with Crippen LogP contribution in [-0.4, -0.2) is 48.5 Å². The maximum atomic E-state index is 11.9. The van der Waals surface area contributed by atoms with Crippen LogP contribution in [0.3, 0.4) is 0 Å². The van der Waals surface area contributed by atoms with Gasteiger partial charge in [0.15, 0.2) is 0 Å². The average molecular weight is 295 g/mol. The number of nitrogens with zero attached hydrogens (tertiary/aromatic N) is 1. The molecule has 1 saturated heterocycles. The van der Waals surface area contributed by atoms with E-state index < -0.39 is 0 Å². The van der Waals surface area contributed by atoms with Crippen molar-refractivity contribution in [3.8, 4) is 0 Å². The lowest BCUT2D eigenvalue weighted by Crippen LogP contribution is -2.41. The third-order valence-electron chi connectivity index (χ3n) is 4.39. The Morgan fingerprint density at radius 3 is 2.29 bits per heavy atom. The lowest BCUT2D eigenvalue weighted by Gasteiger charge is -2.32. The zero-order valence-corrected chi connectivity index (χ0v) is 13.9. The maximum absolute atomic E-state index is 11.9. The molecule has 1 fully saturated rings. The van der Waals surface area contributed by atoms with E-state index in [2.05, 4.69) is 0 Å². The Bertz CT molecular complexity index is 429. The van der Waals surface area contributed by atoms with Crippen LogP contribution in [0.2, 0.25) is 0 Å². The first-order chi connectivity index (χ1) is 9.62. The van der Waals surface area contributed by atoms with Gasteiger partial charge in [-0.05, 0) is 53.4 Å². The summed E-state index contributed by atoms with van der Waals surface area (Å²) in [5.74, 6) is 0. The molecule has 5 nitrogen and oxygen atoms in total. The predicted octanol–water partition coefficient (Wildman–Crippen LogP) is 2.79. The van der Waals surface area contributed by atoms with Crippen LogP contribution < -0.4 is 0 Å². The average Bonchev–Trinajstić information content (AvgIpc) is 2.58. The second-order valence-electron chi connectivity index (χ2n) is 7.00. The fraction of sp³-hybridized carbons (Fsp3) is 0.800. The summed E-state index contributed by atoms with van der Waals surface area (Å²) in [5.41, 5.74) is 0.459. The van der Waals surface area contributed by atoms with Crippen LogP contribution in [0.25, 0.3) is 0 Å². The van der Waals surface area contributed by atoms with Crippen LogP contribution in [0, 0.1) is 0 Å². The van der Waals surface area contributed by atoms with Crippen LogP contribution >= 0.6 is 0 Å². The minimum absolute atomic E-state index is 0.0917. The smallest absolute Gasteiger partial charge is 0.447 e. The van der Waals surface area contributed by atoms with Crippen LogP contribution in [0.5, 0.6) is 0 Å². The van der Waals surface area contributed by atoms with E-state index in [1.165, 1.54) is 0 Å². The molecule has 0 aromatic carbocycles. The lowest BCUT2D eigenvalue weighted by atomic mass is 9.75. The summed E-state index contributed by atoms with van der Waals surface area (Å²) in [6.07, 6.45) is 2.43. The van der Waals surface area contributed by atoms with E-state index in [9.17, 15) is 4.79 Å². The SMILES string of the molecule is CC(C)OC(=O)N1CC=C(B2OC(C)(C)C(C)(C)O2)CC1. The van der Waals surface area contributed by atoms with Gasteiger partial charge in [-0.2, -0.15) is 0 Å². The van der Waals surface area contributed by atoms with Crippen molar-refractivity contribution in [2.24, 2.45) is 0 Å². The molecule has 0 N–H and O–H groups in total. The number of hydrogen-bond acceptors (Lipinski definition) is 4. The fourth-order valence-corrected chi connectivity index (χ4v) is 2.34. The summed E-state index contributed by atoms with van der Waals surface area (Å²) >= 11 is 0. The normalized spacial score (nSPS) is 24.2. The van der Waals surface area contributed by atoms with E-state index in [0.29, 0.717) is 13.1 Å². The zero-order chi connectivity index (χ0) is 15.8. The molecule has 2 heterocycles. The minimum atomic E-state index is -0.327. The number of rotatable bonds is 2. The molecule has 0 spiro atoms. The molecule has 21 heavy (non-hydrogen) atoms. The highest BCUT2D eigenvalue weighted by atomic mass is 16.7. The van der Waals surface area contributed by atoms with E-state index >= 15 is 0 Å². The first-order valence-corrected chi connectivity index (χ1v) is 7.62. The number of hydrogen-bond donors (Lipinski definition) is 0. The van der Waals surface area contributed by atoms with Crippen LogP contribution in [-0.2, 0) is 14.0 Å². The van der Waals surface area contributed by atoms with Gasteiger partial charge in [-0.25, -0.2) is 4.79 Å². The van der Waals surface area contributed by atoms with Crippen LogP contribution in [0.15, 0.2) is 11.5 Å². The van der Waals surface area contributed by atoms with Crippen LogP contribution in [0.4, 0.5) is 4.79 Å². The molecule has 0 saturated carbocycles. The molecular formula is C15H26BNO4. The number of carbonyl (C=O) groups excluding carboxylic acids is 1. The topological polar surface area (TPSA) is 48.0 Å². The summed E-state index contributed by atoms with van der Waals surface area (Å²) in [6.45, 7) is 13.1. The van der Waals surface area contributed by atoms with Gasteiger partial charge in [0.25, 0.3) is 0 Å². The van der Waals surface area contributed by atoms with E-state index in [1.807, 2.05) is 47.6 Å². The molecule has 0 atom stereocenters. The Labute approximate surface area is 127 Å². The van der Waals surface area contributed by atoms with Gasteiger partial charge >= 0.3 is 13.2 Å². The Morgan fingerprint density at radius 1 is 1.29 bits per heavy atom. The van der Waals surface area contributed by atoms with Crippen LogP contribution in [0.1, 0.15) is 48.0 Å². The Balaban J connectivity index is 1.97. The van der Waals surface area contributed by atoms with Crippen molar-refractivity contribution >= 4 is 13.2 Å². The molecule has 0 bridgehead atoms. The van der Waals surface area contributed by atoms with E-state index in [0.717, 1.165) is 11.9 Å². The highest BCUT2D eigenvalue weighted by Crippen LogP contribution is 2.39. The predicted molar refractivity (Wildman–Crippen MR) is 82.0 cm³/mol. The molecule has 2 rings (SSSR count). The van der Waals surface area contributed by atoms with Gasteiger partial charge in [0.05, 0.1) is 17.3 Å². The summed E-state index contributed by atoms with van der Waals surface area (Å²) in [7, 11) is -0.307. The second kappa shape index (κ2) is 5.65. The Hall–Kier alpha value is -1.01. The van der Waals surface area contributed by atoms with Gasteiger partial charge in [0.1, 0.15) is 0 Å². The monoisotopic (exact) mass is 295 g/mol. The molecule has 6 heteroatoms. The standard InChI is InChI=1S/C15H26BNO4/c1-11(2)19-13(18)17-9-7-12(8-10-17)16-20-14(3,4)15(5,6)21-16/h7,11H,8-10H2,1-6H3. The highest BCUT2D eigenvalue weighted by Gasteiger charge is 2.52. The third kappa shape index (κ3) is 3.43. The lowest BCUT2D eigenvalue weighted by molar-refractivity contribution is 0.00578. The third-order valence-corrected chi connectivity index (χ3v) is 4.39. The Morgan fingerprint density at radius 2 is 1.86 bits per heavy atom. The molecule has 0 radical (unpaired) electrons. The zero-order valence-electron chi connectivity index (χ0n) is 13.9. The molecule has 0 aromatic rings. The van der Waals surface area contributed by atoms with Crippen molar-refractivity contribution in [2.75, 3.05) is 13.1 Å². The van der Waals surface area contributed by atoms with Crippen molar-refractivity contribution in [1.29, 1.82) is 0 Å². The van der Waals surface area contributed by atoms with Gasteiger partial charge in [-0.1, -0.05) is 6.08 Å². The first-order valence-electron chi connectivity index (χ1n) is 7.62. The number of amides is 1. The molecule has 1 amide bonds. The van der Waals surface area contributed by atoms with Crippen molar-refractivity contribution in [1.82, 2.24) is 4.90 Å². The second-order valence-corrected chi connectivity index (χ2v) is 7.00. The molecule has 2 aliphatic heterocycles. The molecule has 0 unspecified atom stereocenters. The fourth-order valence-electron chi connectivity index (χ4n) is 2.34. The van der Waals surface area contributed by atoms with Gasteiger partial charge in [0, 0.05) is 13.1 Å². The number of ether oxygens (including phenoxy) is 1. The molecule has 0 aliphatic carbocycles. The van der Waals surface area contributed by atoms with Crippen molar-refractivity contribution in [2.45, 2.75) is 65.3 Å². The largest absolute Gasteiger partial charge is 0.490 e. The summed E-state index contributed by atoms with van der Waals surface area (Å²) < 4.78 is 17.3. The molecular weight excluding hydrogens is 269 g/mol. The summed E-state index contributed by atoms with van der Waals surface area (Å²) in [6, 6.07) is 0. The van der Waals surface area contributed by atoms with Crippen molar-refractivity contribution < 1.29 is 18.8 Å². The first kappa shape index (κ1) is 16.4. The van der Waals surface area contributed by atoms with Gasteiger partial charge in [0.2, 0.25) is 0 Å². The van der Waals surface area contributed by atoms with Crippen molar-refractivity contribution in [3.63, 3.8) is 0 Å². The summed E-state index contributed by atoms with van der Waals surface area (Å²) in [5, 5.41) is 0. The summed E-state index contributed by atoms with van der Waals surface area (Å²) in [4.78, 5) is 13.6. The van der Waals surface area contributed by atoms with Gasteiger partial charge < -0.3 is 18.9 Å². The maximum Gasteiger partial charge on any atom is 0.490 e.